The summed E-state index contributed by atoms with van der Waals surface area (Å²) in [7, 11) is 1.63. The molecule has 0 atom stereocenters. The van der Waals surface area contributed by atoms with Crippen LogP contribution in [0.4, 0.5) is 0 Å². The van der Waals surface area contributed by atoms with Crippen LogP contribution in [-0.2, 0) is 13.0 Å². The SMILES string of the molecule is COc1ccc(CCN)cc1COc1cccc(Cl)c1Cl. The predicted octanol–water partition coefficient (Wildman–Crippen LogP) is 4.08. The first-order valence-electron chi connectivity index (χ1n) is 6.58. The van der Waals surface area contributed by atoms with Gasteiger partial charge in [-0.3, -0.25) is 0 Å². The van der Waals surface area contributed by atoms with Gasteiger partial charge in [0.05, 0.1) is 12.1 Å². The van der Waals surface area contributed by atoms with E-state index in [9.17, 15) is 0 Å². The van der Waals surface area contributed by atoms with E-state index in [1.807, 2.05) is 18.2 Å². The van der Waals surface area contributed by atoms with Crippen molar-refractivity contribution >= 4 is 23.2 Å². The molecule has 0 fully saturated rings. The lowest BCUT2D eigenvalue weighted by molar-refractivity contribution is 0.296. The van der Waals surface area contributed by atoms with Crippen LogP contribution < -0.4 is 15.2 Å². The van der Waals surface area contributed by atoms with Gasteiger partial charge in [-0.2, -0.15) is 0 Å². The molecule has 2 aromatic carbocycles. The number of hydrogen-bond donors (Lipinski definition) is 1. The first kappa shape index (κ1) is 16.0. The summed E-state index contributed by atoms with van der Waals surface area (Å²) in [6.45, 7) is 0.953. The van der Waals surface area contributed by atoms with Gasteiger partial charge in [-0.1, -0.05) is 35.3 Å². The first-order valence-corrected chi connectivity index (χ1v) is 7.34. The molecule has 0 saturated carbocycles. The minimum Gasteiger partial charge on any atom is -0.496 e. The standard InChI is InChI=1S/C16H17Cl2NO2/c1-20-14-6-5-11(7-8-19)9-12(14)10-21-15-4-2-3-13(17)16(15)18/h2-6,9H,7-8,10,19H2,1H3. The second-order valence-electron chi connectivity index (χ2n) is 4.53. The molecule has 0 heterocycles. The van der Waals surface area contributed by atoms with Gasteiger partial charge in [0.25, 0.3) is 0 Å². The molecule has 0 spiro atoms. The molecule has 0 saturated heterocycles. The molecule has 0 aromatic heterocycles. The summed E-state index contributed by atoms with van der Waals surface area (Å²) >= 11 is 12.1. The molecule has 21 heavy (non-hydrogen) atoms. The Labute approximate surface area is 134 Å². The maximum absolute atomic E-state index is 6.11. The molecule has 0 amide bonds. The lowest BCUT2D eigenvalue weighted by Crippen LogP contribution is -2.05. The van der Waals surface area contributed by atoms with Gasteiger partial charge < -0.3 is 15.2 Å². The predicted molar refractivity (Wildman–Crippen MR) is 86.5 cm³/mol. The fourth-order valence-corrected chi connectivity index (χ4v) is 2.36. The number of nitrogens with two attached hydrogens (primary N) is 1. The summed E-state index contributed by atoms with van der Waals surface area (Å²) in [6, 6.07) is 11.3. The number of hydrogen-bond acceptors (Lipinski definition) is 3. The maximum atomic E-state index is 6.11. The van der Waals surface area contributed by atoms with Crippen LogP contribution in [0, 0.1) is 0 Å². The Balaban J connectivity index is 2.18. The van der Waals surface area contributed by atoms with Crippen molar-refractivity contribution in [2.75, 3.05) is 13.7 Å². The van der Waals surface area contributed by atoms with E-state index in [0.717, 1.165) is 23.3 Å². The van der Waals surface area contributed by atoms with Crippen LogP contribution in [0.3, 0.4) is 0 Å². The zero-order valence-electron chi connectivity index (χ0n) is 11.7. The molecular weight excluding hydrogens is 309 g/mol. The third-order valence-corrected chi connectivity index (χ3v) is 3.88. The van der Waals surface area contributed by atoms with Crippen LogP contribution in [0.25, 0.3) is 0 Å². The second-order valence-corrected chi connectivity index (χ2v) is 5.31. The van der Waals surface area contributed by atoms with Crippen LogP contribution in [0.2, 0.25) is 10.0 Å². The molecule has 2 aromatic rings. The third kappa shape index (κ3) is 4.03. The van der Waals surface area contributed by atoms with E-state index in [0.29, 0.717) is 28.9 Å². The van der Waals surface area contributed by atoms with E-state index >= 15 is 0 Å². The molecular formula is C16H17Cl2NO2. The largest absolute Gasteiger partial charge is 0.496 e. The minimum absolute atomic E-state index is 0.349. The van der Waals surface area contributed by atoms with E-state index in [2.05, 4.69) is 0 Å². The monoisotopic (exact) mass is 325 g/mol. The van der Waals surface area contributed by atoms with Gasteiger partial charge in [-0.25, -0.2) is 0 Å². The lowest BCUT2D eigenvalue weighted by Gasteiger charge is -2.13. The molecule has 0 aliphatic heterocycles. The fraction of sp³-hybridized carbons (Fsp3) is 0.250. The number of halogens is 2. The Kier molecular flexibility index (Phi) is 5.74. The molecule has 2 N–H and O–H groups in total. The van der Waals surface area contributed by atoms with Crippen molar-refractivity contribution in [3.8, 4) is 11.5 Å². The molecule has 0 aliphatic carbocycles. The fourth-order valence-electron chi connectivity index (χ4n) is 2.02. The summed E-state index contributed by atoms with van der Waals surface area (Å²) in [4.78, 5) is 0. The van der Waals surface area contributed by atoms with E-state index < -0.39 is 0 Å². The maximum Gasteiger partial charge on any atom is 0.139 e. The Morgan fingerprint density at radius 3 is 2.62 bits per heavy atom. The highest BCUT2D eigenvalue weighted by Crippen LogP contribution is 2.32. The molecule has 0 radical (unpaired) electrons. The molecule has 3 nitrogen and oxygen atoms in total. The van der Waals surface area contributed by atoms with Crippen LogP contribution >= 0.6 is 23.2 Å². The van der Waals surface area contributed by atoms with Crippen molar-refractivity contribution in [1.29, 1.82) is 0 Å². The second kappa shape index (κ2) is 7.55. The van der Waals surface area contributed by atoms with Gasteiger partial charge in [0.1, 0.15) is 23.1 Å². The summed E-state index contributed by atoms with van der Waals surface area (Å²) in [5.74, 6) is 1.32. The average Bonchev–Trinajstić information content (AvgIpc) is 2.49. The van der Waals surface area contributed by atoms with Gasteiger partial charge in [0.15, 0.2) is 0 Å². The van der Waals surface area contributed by atoms with Gasteiger partial charge in [0, 0.05) is 5.56 Å². The Morgan fingerprint density at radius 2 is 1.90 bits per heavy atom. The number of ether oxygens (including phenoxy) is 2. The minimum atomic E-state index is 0.349. The Hall–Kier alpha value is -1.42. The highest BCUT2D eigenvalue weighted by atomic mass is 35.5. The summed E-state index contributed by atoms with van der Waals surface area (Å²) in [6.07, 6.45) is 0.814. The highest BCUT2D eigenvalue weighted by molar-refractivity contribution is 6.42. The van der Waals surface area contributed by atoms with Gasteiger partial charge in [0.2, 0.25) is 0 Å². The topological polar surface area (TPSA) is 44.5 Å². The van der Waals surface area contributed by atoms with Crippen LogP contribution in [-0.4, -0.2) is 13.7 Å². The lowest BCUT2D eigenvalue weighted by atomic mass is 10.1. The molecule has 0 aliphatic rings. The van der Waals surface area contributed by atoms with Crippen molar-refractivity contribution in [1.82, 2.24) is 0 Å². The van der Waals surface area contributed by atoms with Crippen LogP contribution in [0.1, 0.15) is 11.1 Å². The van der Waals surface area contributed by atoms with Crippen molar-refractivity contribution in [2.45, 2.75) is 13.0 Å². The van der Waals surface area contributed by atoms with E-state index in [4.69, 9.17) is 38.4 Å². The normalized spacial score (nSPS) is 10.5. The molecule has 0 bridgehead atoms. The van der Waals surface area contributed by atoms with Crippen molar-refractivity contribution in [2.24, 2.45) is 5.73 Å². The smallest absolute Gasteiger partial charge is 0.139 e. The number of benzene rings is 2. The quantitative estimate of drug-likeness (QED) is 0.870. The number of methoxy groups -OCH3 is 1. The van der Waals surface area contributed by atoms with Crippen molar-refractivity contribution in [3.63, 3.8) is 0 Å². The van der Waals surface area contributed by atoms with E-state index in [1.165, 1.54) is 0 Å². The molecule has 112 valence electrons. The highest BCUT2D eigenvalue weighted by Gasteiger charge is 2.09. The summed E-state index contributed by atoms with van der Waals surface area (Å²) < 4.78 is 11.1. The van der Waals surface area contributed by atoms with Crippen LogP contribution in [0.15, 0.2) is 36.4 Å². The summed E-state index contributed by atoms with van der Waals surface area (Å²) in [5, 5.41) is 0.884. The third-order valence-electron chi connectivity index (χ3n) is 3.08. The zero-order valence-corrected chi connectivity index (χ0v) is 13.2. The molecule has 0 unspecified atom stereocenters. The summed E-state index contributed by atoms with van der Waals surface area (Å²) in [5.41, 5.74) is 7.68. The average molecular weight is 326 g/mol. The van der Waals surface area contributed by atoms with Gasteiger partial charge in [-0.15, -0.1) is 0 Å². The molecule has 5 heteroatoms. The van der Waals surface area contributed by atoms with Crippen molar-refractivity contribution < 1.29 is 9.47 Å². The Bertz CT molecular complexity index is 617. The van der Waals surface area contributed by atoms with Gasteiger partial charge >= 0.3 is 0 Å². The first-order chi connectivity index (χ1) is 10.2. The van der Waals surface area contributed by atoms with E-state index in [1.54, 1.807) is 25.3 Å². The zero-order chi connectivity index (χ0) is 15.2. The van der Waals surface area contributed by atoms with Gasteiger partial charge in [-0.05, 0) is 42.8 Å². The van der Waals surface area contributed by atoms with E-state index in [-0.39, 0.29) is 0 Å². The van der Waals surface area contributed by atoms with Crippen LogP contribution in [0.5, 0.6) is 11.5 Å². The Morgan fingerprint density at radius 1 is 1.10 bits per heavy atom. The number of rotatable bonds is 6. The molecule has 2 rings (SSSR count). The van der Waals surface area contributed by atoms with Crippen molar-refractivity contribution in [3.05, 3.63) is 57.6 Å².